The quantitative estimate of drug-likeness (QED) is 0.800. The molecule has 0 atom stereocenters. The summed E-state index contributed by atoms with van der Waals surface area (Å²) >= 11 is 0. The molecule has 116 valence electrons. The van der Waals surface area contributed by atoms with Gasteiger partial charge in [-0.2, -0.15) is 0 Å². The molecule has 0 bridgehead atoms. The number of benzene rings is 2. The van der Waals surface area contributed by atoms with Crippen molar-refractivity contribution in [3.8, 4) is 17.2 Å². The van der Waals surface area contributed by atoms with Crippen LogP contribution in [0, 0.1) is 5.82 Å². The minimum atomic E-state index is -0.531. The van der Waals surface area contributed by atoms with Gasteiger partial charge in [0.1, 0.15) is 11.6 Å². The van der Waals surface area contributed by atoms with Crippen molar-refractivity contribution in [2.24, 2.45) is 0 Å². The Hall–Kier alpha value is -3.22. The number of anilines is 1. The number of halogens is 1. The number of carbonyl (C=O) groups is 1. The van der Waals surface area contributed by atoms with Crippen LogP contribution in [-0.2, 0) is 0 Å². The van der Waals surface area contributed by atoms with Gasteiger partial charge < -0.3 is 14.5 Å². The lowest BCUT2D eigenvalue weighted by atomic mass is 10.2. The second-order valence-electron chi connectivity index (χ2n) is 4.60. The van der Waals surface area contributed by atoms with E-state index in [4.69, 9.17) is 9.15 Å². The van der Waals surface area contributed by atoms with Crippen molar-refractivity contribution in [1.29, 1.82) is 0 Å². The van der Waals surface area contributed by atoms with Gasteiger partial charge in [0.15, 0.2) is 0 Å². The minimum Gasteiger partial charge on any atom is -0.497 e. The van der Waals surface area contributed by atoms with E-state index in [0.29, 0.717) is 17.0 Å². The van der Waals surface area contributed by atoms with Crippen molar-refractivity contribution in [1.82, 2.24) is 10.2 Å². The van der Waals surface area contributed by atoms with Gasteiger partial charge in [-0.15, -0.1) is 10.2 Å². The molecule has 6 nitrogen and oxygen atoms in total. The molecule has 23 heavy (non-hydrogen) atoms. The van der Waals surface area contributed by atoms with Crippen LogP contribution in [0.15, 0.2) is 52.9 Å². The lowest BCUT2D eigenvalue weighted by Crippen LogP contribution is -2.12. The third-order valence-corrected chi connectivity index (χ3v) is 3.06. The van der Waals surface area contributed by atoms with Crippen molar-refractivity contribution in [2.45, 2.75) is 0 Å². The molecule has 0 aliphatic heterocycles. The number of aromatic nitrogens is 2. The zero-order valence-electron chi connectivity index (χ0n) is 12.1. The molecule has 0 saturated heterocycles. The molecule has 7 heteroatoms. The molecule has 3 aromatic rings. The Morgan fingerprint density at radius 2 is 1.78 bits per heavy atom. The molecule has 0 aliphatic carbocycles. The summed E-state index contributed by atoms with van der Waals surface area (Å²) in [5, 5.41) is 10.1. The predicted octanol–water partition coefficient (Wildman–Crippen LogP) is 3.14. The smallest absolute Gasteiger partial charge is 0.313 e. The first-order chi connectivity index (χ1) is 11.2. The fraction of sp³-hybridized carbons (Fsp3) is 0.0625. The van der Waals surface area contributed by atoms with Crippen molar-refractivity contribution >= 4 is 11.6 Å². The van der Waals surface area contributed by atoms with E-state index < -0.39 is 5.91 Å². The zero-order chi connectivity index (χ0) is 16.2. The normalized spacial score (nSPS) is 10.3. The summed E-state index contributed by atoms with van der Waals surface area (Å²) in [6.45, 7) is 0. The molecular weight excluding hydrogens is 301 g/mol. The number of methoxy groups -OCH3 is 1. The number of carbonyl (C=O) groups excluding carboxylic acids is 1. The number of hydrogen-bond acceptors (Lipinski definition) is 5. The van der Waals surface area contributed by atoms with Crippen molar-refractivity contribution in [3.63, 3.8) is 0 Å². The summed E-state index contributed by atoms with van der Waals surface area (Å²) in [6, 6.07) is 12.3. The molecule has 2 aromatic carbocycles. The predicted molar refractivity (Wildman–Crippen MR) is 80.6 cm³/mol. The van der Waals surface area contributed by atoms with Crippen LogP contribution in [0.3, 0.4) is 0 Å². The maximum Gasteiger partial charge on any atom is 0.313 e. The fourth-order valence-corrected chi connectivity index (χ4v) is 1.88. The second kappa shape index (κ2) is 6.27. The summed E-state index contributed by atoms with van der Waals surface area (Å²) in [6.07, 6.45) is 0. The molecule has 1 heterocycles. The fourth-order valence-electron chi connectivity index (χ4n) is 1.88. The van der Waals surface area contributed by atoms with Crippen LogP contribution in [-0.4, -0.2) is 23.2 Å². The molecule has 0 unspecified atom stereocenters. The number of hydrogen-bond donors (Lipinski definition) is 1. The van der Waals surface area contributed by atoms with E-state index in [1.54, 1.807) is 31.4 Å². The lowest BCUT2D eigenvalue weighted by molar-refractivity contribution is 0.0991. The average molecular weight is 313 g/mol. The van der Waals surface area contributed by atoms with E-state index >= 15 is 0 Å². The van der Waals surface area contributed by atoms with Gasteiger partial charge >= 0.3 is 11.8 Å². The van der Waals surface area contributed by atoms with E-state index in [-0.39, 0.29) is 17.6 Å². The van der Waals surface area contributed by atoms with Crippen molar-refractivity contribution < 1.29 is 18.3 Å². The standard InChI is InChI=1S/C16H12FN3O3/c1-22-13-8-6-12(7-9-13)18-14(21)16-20-19-15(23-16)10-2-4-11(17)5-3-10/h2-9H,1H3,(H,18,21). The molecular formula is C16H12FN3O3. The Morgan fingerprint density at radius 3 is 2.43 bits per heavy atom. The Labute approximate surface area is 130 Å². The number of nitrogens with zero attached hydrogens (tertiary/aromatic N) is 2. The molecule has 0 fully saturated rings. The summed E-state index contributed by atoms with van der Waals surface area (Å²) in [5.74, 6) is -0.258. The largest absolute Gasteiger partial charge is 0.497 e. The monoisotopic (exact) mass is 313 g/mol. The van der Waals surface area contributed by atoms with E-state index in [2.05, 4.69) is 15.5 Å². The average Bonchev–Trinajstić information content (AvgIpc) is 3.06. The van der Waals surface area contributed by atoms with Crippen molar-refractivity contribution in [3.05, 3.63) is 60.2 Å². The molecule has 1 N–H and O–H groups in total. The van der Waals surface area contributed by atoms with Gasteiger partial charge in [0.2, 0.25) is 5.89 Å². The third kappa shape index (κ3) is 3.34. The number of rotatable bonds is 4. The first-order valence-corrected chi connectivity index (χ1v) is 6.70. The molecule has 0 saturated carbocycles. The SMILES string of the molecule is COc1ccc(NC(=O)c2nnc(-c3ccc(F)cc3)o2)cc1. The van der Waals surface area contributed by atoms with E-state index in [9.17, 15) is 9.18 Å². The van der Waals surface area contributed by atoms with Crippen LogP contribution >= 0.6 is 0 Å². The Morgan fingerprint density at radius 1 is 1.09 bits per heavy atom. The van der Waals surface area contributed by atoms with Crippen LogP contribution in [0.5, 0.6) is 5.75 Å². The molecule has 3 rings (SSSR count). The molecule has 1 amide bonds. The summed E-state index contributed by atoms with van der Waals surface area (Å²) in [7, 11) is 1.56. The van der Waals surface area contributed by atoms with Gasteiger partial charge in [-0.3, -0.25) is 4.79 Å². The van der Waals surface area contributed by atoms with Crippen LogP contribution in [0.4, 0.5) is 10.1 Å². The zero-order valence-corrected chi connectivity index (χ0v) is 12.1. The molecule has 0 spiro atoms. The van der Waals surface area contributed by atoms with Gasteiger partial charge in [-0.1, -0.05) is 0 Å². The first kappa shape index (κ1) is 14.7. The first-order valence-electron chi connectivity index (χ1n) is 6.70. The Balaban J connectivity index is 1.74. The maximum atomic E-state index is 12.9. The highest BCUT2D eigenvalue weighted by Gasteiger charge is 2.16. The van der Waals surface area contributed by atoms with E-state index in [1.165, 1.54) is 24.3 Å². The van der Waals surface area contributed by atoms with E-state index in [0.717, 1.165) is 0 Å². The van der Waals surface area contributed by atoms with Gasteiger partial charge in [-0.05, 0) is 48.5 Å². The van der Waals surface area contributed by atoms with Gasteiger partial charge in [-0.25, -0.2) is 4.39 Å². The topological polar surface area (TPSA) is 77.2 Å². The highest BCUT2D eigenvalue weighted by molar-refractivity contribution is 6.00. The number of amides is 1. The number of ether oxygens (including phenoxy) is 1. The van der Waals surface area contributed by atoms with Gasteiger partial charge in [0, 0.05) is 11.3 Å². The molecule has 0 radical (unpaired) electrons. The van der Waals surface area contributed by atoms with Gasteiger partial charge in [0.25, 0.3) is 0 Å². The minimum absolute atomic E-state index is 0.143. The van der Waals surface area contributed by atoms with Crippen molar-refractivity contribution in [2.75, 3.05) is 12.4 Å². The van der Waals surface area contributed by atoms with Crippen LogP contribution in [0.2, 0.25) is 0 Å². The van der Waals surface area contributed by atoms with Crippen LogP contribution < -0.4 is 10.1 Å². The highest BCUT2D eigenvalue weighted by atomic mass is 19.1. The van der Waals surface area contributed by atoms with Crippen LogP contribution in [0.25, 0.3) is 11.5 Å². The maximum absolute atomic E-state index is 12.9. The summed E-state index contributed by atoms with van der Waals surface area (Å²) < 4.78 is 23.2. The highest BCUT2D eigenvalue weighted by Crippen LogP contribution is 2.19. The second-order valence-corrected chi connectivity index (χ2v) is 4.60. The summed E-state index contributed by atoms with van der Waals surface area (Å²) in [4.78, 5) is 12.1. The van der Waals surface area contributed by atoms with Gasteiger partial charge in [0.05, 0.1) is 7.11 Å². The Kier molecular flexibility index (Phi) is 4.01. The summed E-state index contributed by atoms with van der Waals surface area (Å²) in [5.41, 5.74) is 1.10. The third-order valence-electron chi connectivity index (χ3n) is 3.06. The molecule has 0 aliphatic rings. The van der Waals surface area contributed by atoms with Crippen LogP contribution in [0.1, 0.15) is 10.7 Å². The number of nitrogens with one attached hydrogen (secondary N) is 1. The van der Waals surface area contributed by atoms with E-state index in [1.807, 2.05) is 0 Å². The lowest BCUT2D eigenvalue weighted by Gasteiger charge is -2.03. The molecule has 1 aromatic heterocycles. The Bertz CT molecular complexity index is 813.